The Morgan fingerprint density at radius 2 is 1.80 bits per heavy atom. The van der Waals surface area contributed by atoms with Crippen molar-refractivity contribution in [1.29, 1.82) is 0 Å². The SMILES string of the molecule is Cc1nc2c(n1C(C)C)CN(C(=O)c1ccncc1)CC21CCN(CC(C)C)CC1. The largest absolute Gasteiger partial charge is 0.332 e. The average Bonchev–Trinajstić information content (AvgIpc) is 3.06. The highest BCUT2D eigenvalue weighted by Gasteiger charge is 2.46. The Labute approximate surface area is 180 Å². The fourth-order valence-electron chi connectivity index (χ4n) is 5.42. The Bertz CT molecular complexity index is 894. The summed E-state index contributed by atoms with van der Waals surface area (Å²) in [7, 11) is 0. The van der Waals surface area contributed by atoms with E-state index in [-0.39, 0.29) is 11.3 Å². The first kappa shape index (κ1) is 21.0. The van der Waals surface area contributed by atoms with Crippen LogP contribution in [0.4, 0.5) is 0 Å². The maximum absolute atomic E-state index is 13.4. The predicted octanol–water partition coefficient (Wildman–Crippen LogP) is 3.81. The predicted molar refractivity (Wildman–Crippen MR) is 119 cm³/mol. The Morgan fingerprint density at radius 1 is 1.13 bits per heavy atom. The standard InChI is InChI=1S/C24H35N5O/c1-17(2)14-27-12-8-24(9-13-27)16-28(23(30)20-6-10-25-11-7-20)15-21-22(24)26-19(5)29(21)18(3)4/h6-7,10-11,17-18H,8-9,12-16H2,1-5H3. The van der Waals surface area contributed by atoms with Gasteiger partial charge in [-0.3, -0.25) is 9.78 Å². The second kappa shape index (κ2) is 8.14. The van der Waals surface area contributed by atoms with Crippen LogP contribution < -0.4 is 0 Å². The molecule has 2 aliphatic heterocycles. The number of fused-ring (bicyclic) bond motifs is 2. The van der Waals surface area contributed by atoms with E-state index in [4.69, 9.17) is 4.98 Å². The highest BCUT2D eigenvalue weighted by atomic mass is 16.2. The van der Waals surface area contributed by atoms with Gasteiger partial charge in [0.2, 0.25) is 0 Å². The molecule has 1 amide bonds. The van der Waals surface area contributed by atoms with Crippen LogP contribution in [-0.4, -0.2) is 56.4 Å². The van der Waals surface area contributed by atoms with Crippen LogP contribution in [-0.2, 0) is 12.0 Å². The zero-order valence-corrected chi connectivity index (χ0v) is 19.1. The van der Waals surface area contributed by atoms with Gasteiger partial charge in [0.25, 0.3) is 5.91 Å². The molecule has 4 heterocycles. The molecule has 0 unspecified atom stereocenters. The lowest BCUT2D eigenvalue weighted by atomic mass is 9.72. The van der Waals surface area contributed by atoms with Crippen LogP contribution in [0.1, 0.15) is 74.1 Å². The number of imidazole rings is 1. The maximum Gasteiger partial charge on any atom is 0.254 e. The third kappa shape index (κ3) is 3.78. The minimum absolute atomic E-state index is 0.0470. The number of nitrogens with zero attached hydrogens (tertiary/aromatic N) is 5. The molecule has 6 heteroatoms. The molecule has 1 saturated heterocycles. The normalized spacial score (nSPS) is 19.0. The maximum atomic E-state index is 13.4. The van der Waals surface area contributed by atoms with Crippen LogP contribution in [0.5, 0.6) is 0 Å². The highest BCUT2D eigenvalue weighted by molar-refractivity contribution is 5.94. The van der Waals surface area contributed by atoms with Crippen molar-refractivity contribution in [1.82, 2.24) is 24.3 Å². The molecule has 1 spiro atoms. The van der Waals surface area contributed by atoms with Crippen LogP contribution in [0.25, 0.3) is 0 Å². The number of carbonyl (C=O) groups excluding carboxylic acids is 1. The molecular weight excluding hydrogens is 374 g/mol. The average molecular weight is 410 g/mol. The van der Waals surface area contributed by atoms with Crippen molar-refractivity contribution in [2.24, 2.45) is 5.92 Å². The minimum atomic E-state index is -0.0470. The topological polar surface area (TPSA) is 54.3 Å². The van der Waals surface area contributed by atoms with Gasteiger partial charge in [-0.15, -0.1) is 0 Å². The summed E-state index contributed by atoms with van der Waals surface area (Å²) in [6.45, 7) is 15.8. The van der Waals surface area contributed by atoms with Crippen molar-refractivity contribution in [3.63, 3.8) is 0 Å². The molecule has 0 aromatic carbocycles. The molecule has 2 aromatic heterocycles. The smallest absolute Gasteiger partial charge is 0.254 e. The van der Waals surface area contributed by atoms with Gasteiger partial charge in [0.05, 0.1) is 17.9 Å². The van der Waals surface area contributed by atoms with E-state index < -0.39 is 0 Å². The minimum Gasteiger partial charge on any atom is -0.332 e. The number of pyridine rings is 1. The molecule has 0 radical (unpaired) electrons. The van der Waals surface area contributed by atoms with Gasteiger partial charge >= 0.3 is 0 Å². The van der Waals surface area contributed by atoms with Crippen LogP contribution in [0.3, 0.4) is 0 Å². The summed E-state index contributed by atoms with van der Waals surface area (Å²) >= 11 is 0. The molecule has 0 N–H and O–H groups in total. The Kier molecular flexibility index (Phi) is 5.71. The number of aryl methyl sites for hydroxylation is 1. The van der Waals surface area contributed by atoms with E-state index in [1.165, 1.54) is 11.4 Å². The zero-order chi connectivity index (χ0) is 21.5. The third-order valence-electron chi connectivity index (χ3n) is 6.69. The van der Waals surface area contributed by atoms with E-state index in [0.29, 0.717) is 24.1 Å². The van der Waals surface area contributed by atoms with Gasteiger partial charge in [0.1, 0.15) is 5.82 Å². The number of aromatic nitrogens is 3. The van der Waals surface area contributed by atoms with Crippen LogP contribution >= 0.6 is 0 Å². The van der Waals surface area contributed by atoms with Gasteiger partial charge in [-0.25, -0.2) is 4.98 Å². The molecule has 0 aliphatic carbocycles. The van der Waals surface area contributed by atoms with Gasteiger partial charge in [0, 0.05) is 42.5 Å². The summed E-state index contributed by atoms with van der Waals surface area (Å²) in [5.41, 5.74) is 3.15. The van der Waals surface area contributed by atoms with E-state index in [1.807, 2.05) is 12.1 Å². The molecule has 2 aliphatic rings. The van der Waals surface area contributed by atoms with Crippen molar-refractivity contribution < 1.29 is 4.79 Å². The second-order valence-electron chi connectivity index (χ2n) is 9.79. The highest BCUT2D eigenvalue weighted by Crippen LogP contribution is 2.42. The first-order valence-electron chi connectivity index (χ1n) is 11.3. The molecule has 2 aromatic rings. The molecule has 6 nitrogen and oxygen atoms in total. The summed E-state index contributed by atoms with van der Waals surface area (Å²) < 4.78 is 2.34. The quantitative estimate of drug-likeness (QED) is 0.770. The number of piperidine rings is 1. The number of likely N-dealkylation sites (tertiary alicyclic amines) is 1. The third-order valence-corrected chi connectivity index (χ3v) is 6.69. The number of hydrogen-bond acceptors (Lipinski definition) is 4. The fraction of sp³-hybridized carbons (Fsp3) is 0.625. The molecule has 0 bridgehead atoms. The molecule has 0 saturated carbocycles. The summed E-state index contributed by atoms with van der Waals surface area (Å²) in [5.74, 6) is 1.84. The lowest BCUT2D eigenvalue weighted by Gasteiger charge is -2.47. The van der Waals surface area contributed by atoms with Crippen LogP contribution in [0.15, 0.2) is 24.5 Å². The Hall–Kier alpha value is -2.21. The van der Waals surface area contributed by atoms with Crippen LogP contribution in [0, 0.1) is 12.8 Å². The summed E-state index contributed by atoms with van der Waals surface area (Å²) in [4.78, 5) is 27.2. The lowest BCUT2D eigenvalue weighted by Crippen LogP contribution is -2.54. The summed E-state index contributed by atoms with van der Waals surface area (Å²) in [6, 6.07) is 3.97. The van der Waals surface area contributed by atoms with Gasteiger partial charge in [0.15, 0.2) is 0 Å². The van der Waals surface area contributed by atoms with Crippen molar-refractivity contribution in [3.8, 4) is 0 Å². The van der Waals surface area contributed by atoms with Crippen LogP contribution in [0.2, 0.25) is 0 Å². The van der Waals surface area contributed by atoms with Crippen molar-refractivity contribution in [2.75, 3.05) is 26.2 Å². The zero-order valence-electron chi connectivity index (χ0n) is 19.1. The molecule has 30 heavy (non-hydrogen) atoms. The van der Waals surface area contributed by atoms with E-state index in [0.717, 1.165) is 44.8 Å². The van der Waals surface area contributed by atoms with E-state index in [1.54, 1.807) is 12.4 Å². The first-order valence-corrected chi connectivity index (χ1v) is 11.3. The van der Waals surface area contributed by atoms with Gasteiger partial charge in [-0.05, 0) is 64.8 Å². The van der Waals surface area contributed by atoms with Gasteiger partial charge < -0.3 is 14.4 Å². The number of rotatable bonds is 4. The van der Waals surface area contributed by atoms with E-state index >= 15 is 0 Å². The first-order chi connectivity index (χ1) is 14.3. The van der Waals surface area contributed by atoms with Crippen molar-refractivity contribution in [3.05, 3.63) is 47.3 Å². The van der Waals surface area contributed by atoms with Crippen molar-refractivity contribution >= 4 is 5.91 Å². The van der Waals surface area contributed by atoms with Gasteiger partial charge in [-0.1, -0.05) is 13.8 Å². The molecular formula is C24H35N5O. The lowest BCUT2D eigenvalue weighted by molar-refractivity contribution is 0.0552. The number of amides is 1. The molecule has 0 atom stereocenters. The monoisotopic (exact) mass is 409 g/mol. The number of carbonyl (C=O) groups is 1. The van der Waals surface area contributed by atoms with E-state index in [2.05, 4.69) is 54.0 Å². The molecule has 162 valence electrons. The Balaban J connectivity index is 1.70. The van der Waals surface area contributed by atoms with E-state index in [9.17, 15) is 4.79 Å². The number of hydrogen-bond donors (Lipinski definition) is 0. The molecule has 1 fully saturated rings. The molecule has 4 rings (SSSR count). The second-order valence-corrected chi connectivity index (χ2v) is 9.79. The summed E-state index contributed by atoms with van der Waals surface area (Å²) in [5, 5.41) is 0. The fourth-order valence-corrected chi connectivity index (χ4v) is 5.42. The Morgan fingerprint density at radius 3 is 2.40 bits per heavy atom. The summed E-state index contributed by atoms with van der Waals surface area (Å²) in [6.07, 6.45) is 5.51. The van der Waals surface area contributed by atoms with Gasteiger partial charge in [-0.2, -0.15) is 0 Å². The van der Waals surface area contributed by atoms with Crippen molar-refractivity contribution in [2.45, 2.75) is 65.5 Å².